The number of piperidine rings is 2. The lowest BCUT2D eigenvalue weighted by Crippen LogP contribution is -2.52. The van der Waals surface area contributed by atoms with Gasteiger partial charge in [-0.3, -0.25) is 49.3 Å². The van der Waals surface area contributed by atoms with Gasteiger partial charge in [0.15, 0.2) is 0 Å². The Morgan fingerprint density at radius 1 is 0.719 bits per heavy atom. The zero-order chi connectivity index (χ0) is 39.8. The van der Waals surface area contributed by atoms with E-state index in [1.54, 1.807) is 21.9 Å². The van der Waals surface area contributed by atoms with Crippen molar-refractivity contribution in [3.8, 4) is 11.5 Å². The second-order valence-electron chi connectivity index (χ2n) is 15.7. The van der Waals surface area contributed by atoms with Crippen LogP contribution in [0.4, 0.5) is 0 Å². The van der Waals surface area contributed by atoms with Crippen molar-refractivity contribution in [3.05, 3.63) is 87.7 Å². The van der Waals surface area contributed by atoms with Crippen molar-refractivity contribution >= 4 is 35.4 Å². The number of hydrogen-bond acceptors (Lipinski definition) is 11. The summed E-state index contributed by atoms with van der Waals surface area (Å²) in [6.45, 7) is 9.28. The number of aromatic nitrogens is 1. The molecule has 4 saturated heterocycles. The third kappa shape index (κ3) is 8.26. The van der Waals surface area contributed by atoms with Crippen molar-refractivity contribution in [3.63, 3.8) is 0 Å². The normalized spacial score (nSPS) is 24.5. The van der Waals surface area contributed by atoms with Gasteiger partial charge >= 0.3 is 0 Å². The average molecular weight is 778 g/mol. The number of amides is 6. The van der Waals surface area contributed by atoms with Crippen molar-refractivity contribution in [2.45, 2.75) is 96.3 Å². The summed E-state index contributed by atoms with van der Waals surface area (Å²) in [6, 6.07) is 12.0. The van der Waals surface area contributed by atoms with E-state index >= 15 is 0 Å². The average Bonchev–Trinajstić information content (AvgIpc) is 3.98. The number of carbonyl (C=O) groups is 6. The topological polar surface area (TPSA) is 180 Å². The largest absolute Gasteiger partial charge is 0.489 e. The highest BCUT2D eigenvalue weighted by atomic mass is 16.5. The minimum atomic E-state index is -0.602. The smallest absolute Gasteiger partial charge is 0.255 e. The zero-order valence-electron chi connectivity index (χ0n) is 32.2. The first-order valence-electron chi connectivity index (χ1n) is 19.7. The first kappa shape index (κ1) is 38.2. The van der Waals surface area contributed by atoms with E-state index in [4.69, 9.17) is 9.47 Å². The van der Waals surface area contributed by atoms with Crippen LogP contribution in [0.25, 0.3) is 0 Å². The lowest BCUT2D eigenvalue weighted by molar-refractivity contribution is -0.138. The van der Waals surface area contributed by atoms with Crippen LogP contribution in [-0.2, 0) is 38.8 Å². The van der Waals surface area contributed by atoms with E-state index in [9.17, 15) is 28.8 Å². The molecule has 6 amide bonds. The van der Waals surface area contributed by atoms with E-state index in [-0.39, 0.29) is 54.6 Å². The first-order chi connectivity index (χ1) is 27.5. The maximum absolute atomic E-state index is 12.8. The van der Waals surface area contributed by atoms with Gasteiger partial charge in [0, 0.05) is 75.1 Å². The van der Waals surface area contributed by atoms with Crippen LogP contribution in [0, 0.1) is 13.8 Å². The van der Waals surface area contributed by atoms with Crippen molar-refractivity contribution in [2.24, 2.45) is 0 Å². The van der Waals surface area contributed by atoms with Gasteiger partial charge in [0.1, 0.15) is 35.8 Å². The minimum Gasteiger partial charge on any atom is -0.489 e. The summed E-state index contributed by atoms with van der Waals surface area (Å²) in [5.74, 6) is -0.174. The summed E-state index contributed by atoms with van der Waals surface area (Å²) < 4.78 is 12.2. The highest BCUT2D eigenvalue weighted by Crippen LogP contribution is 2.33. The predicted molar refractivity (Wildman–Crippen MR) is 205 cm³/mol. The molecule has 3 N–H and O–H groups in total. The second-order valence-corrected chi connectivity index (χ2v) is 15.7. The van der Waals surface area contributed by atoms with Crippen LogP contribution in [0.2, 0.25) is 0 Å². The van der Waals surface area contributed by atoms with Gasteiger partial charge in [-0.15, -0.1) is 0 Å². The van der Waals surface area contributed by atoms with Crippen LogP contribution in [0.5, 0.6) is 11.5 Å². The van der Waals surface area contributed by atoms with Crippen LogP contribution < -0.4 is 25.4 Å². The van der Waals surface area contributed by atoms with E-state index in [1.165, 1.54) is 11.1 Å². The van der Waals surface area contributed by atoms with Gasteiger partial charge < -0.3 is 24.6 Å². The number of fused-ring (bicyclic) bond motifs is 2. The molecule has 2 aromatic carbocycles. The van der Waals surface area contributed by atoms with E-state index < -0.39 is 18.0 Å². The molecular weight excluding hydrogens is 731 g/mol. The minimum absolute atomic E-state index is 0.0888. The van der Waals surface area contributed by atoms with Gasteiger partial charge in [0.2, 0.25) is 23.6 Å². The van der Waals surface area contributed by atoms with Crippen LogP contribution in [0.15, 0.2) is 48.7 Å². The molecular formula is C42H47N7O8. The molecule has 0 bridgehead atoms. The quantitative estimate of drug-likeness (QED) is 0.286. The van der Waals surface area contributed by atoms with Crippen LogP contribution in [-0.4, -0.2) is 106 Å². The summed E-state index contributed by atoms with van der Waals surface area (Å²) in [5, 5.41) is 7.90. The number of pyridine rings is 1. The molecule has 298 valence electrons. The molecule has 0 spiro atoms. The molecule has 15 heteroatoms. The second kappa shape index (κ2) is 16.1. The Kier molecular flexibility index (Phi) is 10.8. The highest BCUT2D eigenvalue weighted by Gasteiger charge is 2.41. The number of likely N-dealkylation sites (tertiary alicyclic amines) is 1. The Balaban J connectivity index is 0.000000168. The summed E-state index contributed by atoms with van der Waals surface area (Å²) in [7, 11) is 0. The van der Waals surface area contributed by atoms with E-state index in [0.29, 0.717) is 37.1 Å². The zero-order valence-corrected chi connectivity index (χ0v) is 32.2. The van der Waals surface area contributed by atoms with Crippen LogP contribution in [0.3, 0.4) is 0 Å². The molecule has 3 aromatic rings. The van der Waals surface area contributed by atoms with Gasteiger partial charge in [-0.2, -0.15) is 0 Å². The highest BCUT2D eigenvalue weighted by molar-refractivity contribution is 6.06. The number of rotatable bonds is 8. The molecule has 2 unspecified atom stereocenters. The Morgan fingerprint density at radius 3 is 1.82 bits per heavy atom. The van der Waals surface area contributed by atoms with Crippen molar-refractivity contribution < 1.29 is 38.2 Å². The third-order valence-electron chi connectivity index (χ3n) is 11.6. The molecule has 6 aliphatic rings. The molecule has 1 aromatic heterocycles. The fraction of sp³-hybridized carbons (Fsp3) is 0.452. The fourth-order valence-electron chi connectivity index (χ4n) is 8.44. The number of nitrogens with one attached hydrogen (secondary N) is 3. The first-order valence-corrected chi connectivity index (χ1v) is 19.7. The Hall–Kier alpha value is -5.67. The van der Waals surface area contributed by atoms with Gasteiger partial charge in [-0.05, 0) is 105 Å². The maximum Gasteiger partial charge on any atom is 0.255 e. The van der Waals surface area contributed by atoms with E-state index in [0.717, 1.165) is 73.9 Å². The Labute approximate surface area is 330 Å². The van der Waals surface area contributed by atoms with Crippen molar-refractivity contribution in [1.29, 1.82) is 0 Å². The number of aryl methyl sites for hydroxylation is 2. The predicted octanol–water partition coefficient (Wildman–Crippen LogP) is 2.30. The van der Waals surface area contributed by atoms with Gasteiger partial charge in [0.25, 0.3) is 11.8 Å². The number of ether oxygens (including phenoxy) is 2. The molecule has 15 nitrogen and oxygen atoms in total. The number of benzene rings is 2. The van der Waals surface area contributed by atoms with Crippen LogP contribution >= 0.6 is 0 Å². The maximum atomic E-state index is 12.8. The van der Waals surface area contributed by atoms with E-state index in [1.807, 2.05) is 37.4 Å². The Morgan fingerprint density at radius 2 is 1.30 bits per heavy atom. The molecule has 0 radical (unpaired) electrons. The molecule has 6 aliphatic heterocycles. The number of carbonyl (C=O) groups excluding carboxylic acids is 6. The number of imide groups is 2. The molecule has 7 heterocycles. The fourth-order valence-corrected chi connectivity index (χ4v) is 8.44. The van der Waals surface area contributed by atoms with Crippen LogP contribution in [0.1, 0.15) is 87.2 Å². The monoisotopic (exact) mass is 777 g/mol. The van der Waals surface area contributed by atoms with Gasteiger partial charge in [-0.1, -0.05) is 6.07 Å². The lowest BCUT2D eigenvalue weighted by atomic mass is 10.0. The molecule has 0 saturated carbocycles. The summed E-state index contributed by atoms with van der Waals surface area (Å²) in [6.07, 6.45) is 5.36. The third-order valence-corrected chi connectivity index (χ3v) is 11.6. The van der Waals surface area contributed by atoms with E-state index in [2.05, 4.69) is 38.8 Å². The Bertz CT molecular complexity index is 2130. The van der Waals surface area contributed by atoms with Gasteiger partial charge in [0.05, 0.1) is 0 Å². The number of hydrogen-bond donors (Lipinski definition) is 3. The summed E-state index contributed by atoms with van der Waals surface area (Å²) >= 11 is 0. The molecule has 4 atom stereocenters. The molecule has 9 rings (SSSR count). The molecule has 4 fully saturated rings. The molecule has 57 heavy (non-hydrogen) atoms. The van der Waals surface area contributed by atoms with Gasteiger partial charge in [-0.25, -0.2) is 0 Å². The van der Waals surface area contributed by atoms with Crippen molar-refractivity contribution in [2.75, 3.05) is 26.2 Å². The summed E-state index contributed by atoms with van der Waals surface area (Å²) in [4.78, 5) is 82.4. The molecule has 0 aliphatic carbocycles. The standard InChI is InChI=1S/C25H28N4O4.C17H19N3O4/c1-15-9-17(11-26-16(15)2)12-28-8-7-20(14-28)33-19-3-4-21-18(10-19)13-29(25(21)32)22-5-6-23(30)27-24(22)31;21-15-4-3-14(16(22)19-15)20-9-10-7-11(1-2-13(10)17(20)23)24-12-5-6-18-8-12/h3-4,9-11,20,22H,5-8,12-14H2,1-2H3,(H,27,30,31);1-2,7,12,14,18H,3-6,8-9H2,(H,19,21,22)/t20-,22?;12-,14?/m00/s1. The number of nitrogens with zero attached hydrogens (tertiary/aromatic N) is 4. The summed E-state index contributed by atoms with van der Waals surface area (Å²) in [5.41, 5.74) is 6.42. The van der Waals surface area contributed by atoms with Crippen molar-refractivity contribution in [1.82, 2.24) is 35.6 Å². The lowest BCUT2D eigenvalue weighted by Gasteiger charge is -2.29. The SMILES string of the molecule is Cc1cc(CN2CC[C@H](Oc3ccc4c(c3)CN(C3CCC(=O)NC3=O)C4=O)C2)cnc1C.O=C1CCC(N2Cc3cc(O[C@H]4CCNC4)ccc3C2=O)C(=O)N1.